The van der Waals surface area contributed by atoms with Crippen molar-refractivity contribution in [3.8, 4) is 0 Å². The van der Waals surface area contributed by atoms with Crippen molar-refractivity contribution in [1.82, 2.24) is 0 Å². The summed E-state index contributed by atoms with van der Waals surface area (Å²) in [5.74, 6) is -3.16. The maximum atomic E-state index is 13.4. The molecule has 3 aromatic rings. The molecular weight excluding hydrogens is 561 g/mol. The minimum atomic E-state index is -4.64. The third kappa shape index (κ3) is 5.97. The number of anilines is 2. The van der Waals surface area contributed by atoms with E-state index in [-0.39, 0.29) is 39.7 Å². The van der Waals surface area contributed by atoms with E-state index < -0.39 is 42.1 Å². The van der Waals surface area contributed by atoms with Crippen LogP contribution in [-0.4, -0.2) is 30.3 Å². The molecule has 41 heavy (non-hydrogen) atoms. The average molecular weight is 585 g/mol. The highest BCUT2D eigenvalue weighted by molar-refractivity contribution is 6.33. The molecule has 1 saturated carbocycles. The third-order valence-corrected chi connectivity index (χ3v) is 7.77. The van der Waals surface area contributed by atoms with Gasteiger partial charge in [0.15, 0.2) is 6.61 Å². The summed E-state index contributed by atoms with van der Waals surface area (Å²) in [4.78, 5) is 52.7. The van der Waals surface area contributed by atoms with Crippen LogP contribution in [0.25, 0.3) is 0 Å². The molecule has 0 bridgehead atoms. The monoisotopic (exact) mass is 584 g/mol. The van der Waals surface area contributed by atoms with E-state index in [1.54, 1.807) is 6.07 Å². The van der Waals surface area contributed by atoms with Gasteiger partial charge in [0.25, 0.3) is 5.91 Å². The first-order valence-electron chi connectivity index (χ1n) is 12.9. The lowest BCUT2D eigenvalue weighted by Crippen LogP contribution is -2.31. The summed E-state index contributed by atoms with van der Waals surface area (Å²) < 4.78 is 43.9. The fourth-order valence-corrected chi connectivity index (χ4v) is 5.60. The molecule has 0 unspecified atom stereocenters. The Morgan fingerprint density at radius 2 is 1.66 bits per heavy atom. The Kier molecular flexibility index (Phi) is 7.86. The summed E-state index contributed by atoms with van der Waals surface area (Å²) in [5.41, 5.74) is 0.0538. The van der Waals surface area contributed by atoms with Crippen molar-refractivity contribution in [3.63, 3.8) is 0 Å². The van der Waals surface area contributed by atoms with Gasteiger partial charge in [0.1, 0.15) is 0 Å². The number of alkyl halides is 3. The lowest BCUT2D eigenvalue weighted by molar-refractivity contribution is -0.137. The predicted octanol–water partition coefficient (Wildman–Crippen LogP) is 6.23. The summed E-state index contributed by atoms with van der Waals surface area (Å²) in [6, 6.07) is 18.1. The SMILES string of the molecule is O=C(COC(=O)c1cccc(N2C(=O)[C@@H]3CC[C@H](c4ccccc4)C[C@H]3C2=O)c1)Nc1cc(C(F)(F)F)ccc1Cl. The van der Waals surface area contributed by atoms with Gasteiger partial charge in [-0.15, -0.1) is 0 Å². The minimum Gasteiger partial charge on any atom is -0.452 e. The van der Waals surface area contributed by atoms with Gasteiger partial charge in [-0.25, -0.2) is 4.79 Å². The first kappa shape index (κ1) is 28.4. The van der Waals surface area contributed by atoms with Crippen molar-refractivity contribution < 1.29 is 37.1 Å². The number of carbonyl (C=O) groups excluding carboxylic acids is 4. The molecule has 1 aliphatic carbocycles. The molecule has 3 amide bonds. The van der Waals surface area contributed by atoms with Gasteiger partial charge in [0.05, 0.1) is 39.4 Å². The molecule has 3 aromatic carbocycles. The van der Waals surface area contributed by atoms with Crippen molar-refractivity contribution in [2.75, 3.05) is 16.8 Å². The van der Waals surface area contributed by atoms with Gasteiger partial charge in [-0.05, 0) is 67.1 Å². The van der Waals surface area contributed by atoms with E-state index in [1.807, 2.05) is 30.3 Å². The zero-order valence-corrected chi connectivity index (χ0v) is 22.2. The molecule has 1 saturated heterocycles. The predicted molar refractivity (Wildman–Crippen MR) is 144 cm³/mol. The summed E-state index contributed by atoms with van der Waals surface area (Å²) >= 11 is 5.89. The van der Waals surface area contributed by atoms with Gasteiger partial charge in [0.2, 0.25) is 11.8 Å². The molecule has 5 rings (SSSR count). The molecule has 2 aliphatic rings. The average Bonchev–Trinajstić information content (AvgIpc) is 3.21. The quantitative estimate of drug-likeness (QED) is 0.274. The Hall–Kier alpha value is -4.18. The zero-order chi connectivity index (χ0) is 29.3. The van der Waals surface area contributed by atoms with Gasteiger partial charge in [0, 0.05) is 0 Å². The first-order chi connectivity index (χ1) is 19.5. The Morgan fingerprint density at radius 3 is 2.39 bits per heavy atom. The second kappa shape index (κ2) is 11.4. The highest BCUT2D eigenvalue weighted by Gasteiger charge is 2.50. The van der Waals surface area contributed by atoms with Gasteiger partial charge in [-0.2, -0.15) is 13.2 Å². The number of fused-ring (bicyclic) bond motifs is 1. The molecule has 3 atom stereocenters. The molecule has 212 valence electrons. The molecule has 0 aromatic heterocycles. The maximum Gasteiger partial charge on any atom is 0.416 e. The van der Waals surface area contributed by atoms with Crippen LogP contribution in [0.3, 0.4) is 0 Å². The summed E-state index contributed by atoms with van der Waals surface area (Å²) in [5, 5.41) is 2.07. The second-order valence-electron chi connectivity index (χ2n) is 10.0. The van der Waals surface area contributed by atoms with Crippen molar-refractivity contribution in [1.29, 1.82) is 0 Å². The molecule has 2 fully saturated rings. The standard InChI is InChI=1S/C30H24ClF3N2O5/c31-24-12-10-20(30(32,33)34)15-25(24)35-26(37)16-41-29(40)19-7-4-8-21(13-19)36-27(38)22-11-9-18(14-23(22)28(36)39)17-5-2-1-3-6-17/h1-8,10,12-13,15,18,22-23H,9,11,14,16H2,(H,35,37)/t18-,22+,23+/m0/s1. The van der Waals surface area contributed by atoms with Crippen LogP contribution in [-0.2, 0) is 25.3 Å². The van der Waals surface area contributed by atoms with Crippen molar-refractivity contribution in [2.45, 2.75) is 31.4 Å². The van der Waals surface area contributed by atoms with Crippen molar-refractivity contribution in [3.05, 3.63) is 94.5 Å². The molecule has 0 radical (unpaired) electrons. The first-order valence-corrected chi connectivity index (χ1v) is 13.3. The van der Waals surface area contributed by atoms with E-state index in [0.29, 0.717) is 18.9 Å². The minimum absolute atomic E-state index is 0.00923. The third-order valence-electron chi connectivity index (χ3n) is 7.44. The van der Waals surface area contributed by atoms with Crippen LogP contribution in [0.15, 0.2) is 72.8 Å². The van der Waals surface area contributed by atoms with E-state index in [0.717, 1.165) is 29.0 Å². The number of halogens is 4. The maximum absolute atomic E-state index is 13.4. The van der Waals surface area contributed by atoms with Crippen molar-refractivity contribution in [2.24, 2.45) is 11.8 Å². The summed E-state index contributed by atoms with van der Waals surface area (Å²) in [6.07, 6.45) is -2.71. The van der Waals surface area contributed by atoms with Crippen LogP contribution in [0.5, 0.6) is 0 Å². The van der Waals surface area contributed by atoms with E-state index in [2.05, 4.69) is 5.32 Å². The van der Waals surface area contributed by atoms with E-state index in [9.17, 15) is 32.3 Å². The number of rotatable bonds is 6. The molecular formula is C30H24ClF3N2O5. The number of amides is 3. The van der Waals surface area contributed by atoms with Crippen LogP contribution in [0.4, 0.5) is 24.5 Å². The van der Waals surface area contributed by atoms with Crippen LogP contribution in [0, 0.1) is 11.8 Å². The summed E-state index contributed by atoms with van der Waals surface area (Å²) in [6.45, 7) is -0.803. The van der Waals surface area contributed by atoms with Gasteiger partial charge < -0.3 is 10.1 Å². The number of imide groups is 1. The lowest BCUT2D eigenvalue weighted by Gasteiger charge is -2.28. The normalized spacial score (nSPS) is 20.5. The smallest absolute Gasteiger partial charge is 0.416 e. The number of esters is 1. The molecule has 0 spiro atoms. The number of benzene rings is 3. The molecule has 1 heterocycles. The van der Waals surface area contributed by atoms with Crippen LogP contribution >= 0.6 is 11.6 Å². The number of hydrogen-bond acceptors (Lipinski definition) is 5. The number of ether oxygens (including phenoxy) is 1. The molecule has 11 heteroatoms. The lowest BCUT2D eigenvalue weighted by atomic mass is 9.73. The zero-order valence-electron chi connectivity index (χ0n) is 21.5. The molecule has 1 aliphatic heterocycles. The Morgan fingerprint density at radius 1 is 0.927 bits per heavy atom. The molecule has 1 N–H and O–H groups in total. The second-order valence-corrected chi connectivity index (χ2v) is 10.4. The molecule has 7 nitrogen and oxygen atoms in total. The van der Waals surface area contributed by atoms with Crippen molar-refractivity contribution >= 4 is 46.7 Å². The Bertz CT molecular complexity index is 1510. The van der Waals surface area contributed by atoms with Crippen LogP contribution in [0.2, 0.25) is 5.02 Å². The fraction of sp³-hybridized carbons (Fsp3) is 0.267. The van der Waals surface area contributed by atoms with E-state index in [4.69, 9.17) is 16.3 Å². The Labute approximate surface area is 238 Å². The van der Waals surface area contributed by atoms with E-state index >= 15 is 0 Å². The van der Waals surface area contributed by atoms with Gasteiger partial charge >= 0.3 is 12.1 Å². The number of nitrogens with zero attached hydrogens (tertiary/aromatic N) is 1. The topological polar surface area (TPSA) is 92.8 Å². The van der Waals surface area contributed by atoms with Gasteiger partial charge in [-0.1, -0.05) is 48.0 Å². The number of nitrogens with one attached hydrogen (secondary N) is 1. The fourth-order valence-electron chi connectivity index (χ4n) is 5.43. The number of carbonyl (C=O) groups is 4. The Balaban J connectivity index is 1.23. The largest absolute Gasteiger partial charge is 0.452 e. The van der Waals surface area contributed by atoms with E-state index in [1.165, 1.54) is 18.2 Å². The summed E-state index contributed by atoms with van der Waals surface area (Å²) in [7, 11) is 0. The van der Waals surface area contributed by atoms with Crippen LogP contribution in [0.1, 0.15) is 46.7 Å². The van der Waals surface area contributed by atoms with Gasteiger partial charge in [-0.3, -0.25) is 19.3 Å². The van der Waals surface area contributed by atoms with Crippen LogP contribution < -0.4 is 10.2 Å². The highest BCUT2D eigenvalue weighted by atomic mass is 35.5. The number of hydrogen-bond donors (Lipinski definition) is 1. The highest BCUT2D eigenvalue weighted by Crippen LogP contribution is 2.45.